The van der Waals surface area contributed by atoms with Crippen LogP contribution < -0.4 is 4.74 Å². The number of halogens is 5. The third-order valence-corrected chi connectivity index (χ3v) is 7.21. The first-order valence-corrected chi connectivity index (χ1v) is 11.8. The van der Waals surface area contributed by atoms with Gasteiger partial charge in [-0.2, -0.15) is 18.3 Å². The second-order valence-electron chi connectivity index (χ2n) is 10.0. The van der Waals surface area contributed by atoms with Gasteiger partial charge in [0, 0.05) is 36.3 Å². The Kier molecular flexibility index (Phi) is 5.14. The Morgan fingerprint density at radius 3 is 2.44 bits per heavy atom. The van der Waals surface area contributed by atoms with Gasteiger partial charge in [0.05, 0.1) is 17.7 Å². The standard InChI is InChI=1S/C26H22F5N3O2/c27-15-5-8-19(22(9-15)36-17-6-7-17)24(35)33-13-25(14-33)10-16(11-25)34-12-20(26(29,30)31)23(32-34)18-3-1-2-4-21(18)28/h1-5,8-9,12,16-17H,6-7,10-11,13-14H2. The Bertz CT molecular complexity index is 1330. The third-order valence-electron chi connectivity index (χ3n) is 7.21. The fourth-order valence-corrected chi connectivity index (χ4v) is 5.24. The number of carbonyl (C=O) groups is 1. The van der Waals surface area contributed by atoms with Gasteiger partial charge in [-0.25, -0.2) is 8.78 Å². The largest absolute Gasteiger partial charge is 0.489 e. The second-order valence-corrected chi connectivity index (χ2v) is 10.0. The van der Waals surface area contributed by atoms with Gasteiger partial charge < -0.3 is 9.64 Å². The molecule has 1 amide bonds. The highest BCUT2D eigenvalue weighted by atomic mass is 19.4. The summed E-state index contributed by atoms with van der Waals surface area (Å²) in [6.45, 7) is 0.909. The van der Waals surface area contributed by atoms with Gasteiger partial charge in [0.2, 0.25) is 0 Å². The number of rotatable bonds is 5. The zero-order valence-corrected chi connectivity index (χ0v) is 19.1. The van der Waals surface area contributed by atoms with Crippen molar-refractivity contribution in [2.45, 2.75) is 44.0 Å². The summed E-state index contributed by atoms with van der Waals surface area (Å²) >= 11 is 0. The van der Waals surface area contributed by atoms with Crippen molar-refractivity contribution in [1.82, 2.24) is 14.7 Å². The molecule has 1 aliphatic heterocycles. The molecule has 0 unspecified atom stereocenters. The summed E-state index contributed by atoms with van der Waals surface area (Å²) in [5.74, 6) is -1.25. The Balaban J connectivity index is 1.15. The van der Waals surface area contributed by atoms with Gasteiger partial charge in [0.1, 0.15) is 28.6 Å². The van der Waals surface area contributed by atoms with Crippen LogP contribution in [0.25, 0.3) is 11.3 Å². The number of nitrogens with zero attached hydrogens (tertiary/aromatic N) is 3. The first-order chi connectivity index (χ1) is 17.1. The van der Waals surface area contributed by atoms with Crippen LogP contribution in [0, 0.1) is 17.0 Å². The molecule has 1 saturated heterocycles. The van der Waals surface area contributed by atoms with Crippen LogP contribution in [0.5, 0.6) is 5.75 Å². The summed E-state index contributed by atoms with van der Waals surface area (Å²) < 4.78 is 76.0. The molecule has 5 nitrogen and oxygen atoms in total. The number of ether oxygens (including phenoxy) is 1. The van der Waals surface area contributed by atoms with Crippen LogP contribution in [0.1, 0.15) is 47.6 Å². The van der Waals surface area contributed by atoms with Gasteiger partial charge in [0.15, 0.2) is 0 Å². The minimum absolute atomic E-state index is 0.0124. The smallest absolute Gasteiger partial charge is 0.420 e. The van der Waals surface area contributed by atoms with E-state index in [0.717, 1.165) is 25.1 Å². The fraction of sp³-hybridized carbons (Fsp3) is 0.385. The predicted molar refractivity (Wildman–Crippen MR) is 119 cm³/mol. The molecule has 0 N–H and O–H groups in total. The first kappa shape index (κ1) is 23.0. The van der Waals surface area contributed by atoms with Crippen molar-refractivity contribution in [3.8, 4) is 17.0 Å². The van der Waals surface area contributed by atoms with E-state index in [4.69, 9.17) is 4.74 Å². The van der Waals surface area contributed by atoms with E-state index in [-0.39, 0.29) is 34.8 Å². The molecule has 2 saturated carbocycles. The Morgan fingerprint density at radius 1 is 1.06 bits per heavy atom. The Labute approximate surface area is 203 Å². The zero-order chi connectivity index (χ0) is 25.2. The topological polar surface area (TPSA) is 47.4 Å². The molecule has 2 aromatic carbocycles. The molecule has 1 spiro atoms. The average Bonchev–Trinajstić information content (AvgIpc) is 3.46. The van der Waals surface area contributed by atoms with E-state index >= 15 is 0 Å². The van der Waals surface area contributed by atoms with E-state index in [1.54, 1.807) is 4.90 Å². The lowest BCUT2D eigenvalue weighted by molar-refractivity contribution is -0.137. The highest BCUT2D eigenvalue weighted by Gasteiger charge is 2.55. The molecule has 0 atom stereocenters. The van der Waals surface area contributed by atoms with Crippen molar-refractivity contribution in [2.24, 2.45) is 5.41 Å². The zero-order valence-electron chi connectivity index (χ0n) is 19.1. The van der Waals surface area contributed by atoms with E-state index in [9.17, 15) is 26.7 Å². The lowest BCUT2D eigenvalue weighted by Gasteiger charge is -2.58. The summed E-state index contributed by atoms with van der Waals surface area (Å²) in [5, 5.41) is 4.13. The van der Waals surface area contributed by atoms with Crippen LogP contribution in [0.4, 0.5) is 22.0 Å². The monoisotopic (exact) mass is 503 g/mol. The quantitative estimate of drug-likeness (QED) is 0.410. The van der Waals surface area contributed by atoms with Crippen LogP contribution in [-0.2, 0) is 6.18 Å². The molecule has 3 fully saturated rings. The second kappa shape index (κ2) is 8.04. The normalized spacial score (nSPS) is 19.2. The number of aromatic nitrogens is 2. The summed E-state index contributed by atoms with van der Waals surface area (Å²) in [6, 6.07) is 8.88. The number of likely N-dealkylation sites (tertiary alicyclic amines) is 1. The minimum atomic E-state index is -4.67. The molecular formula is C26H22F5N3O2. The Morgan fingerprint density at radius 2 is 1.78 bits per heavy atom. The van der Waals surface area contributed by atoms with Crippen molar-refractivity contribution >= 4 is 5.91 Å². The van der Waals surface area contributed by atoms with Crippen LogP contribution in [0.3, 0.4) is 0 Å². The van der Waals surface area contributed by atoms with E-state index in [0.29, 0.717) is 31.5 Å². The molecule has 0 bridgehead atoms. The third kappa shape index (κ3) is 4.02. The number of amides is 1. The number of hydrogen-bond acceptors (Lipinski definition) is 3. The molecule has 6 rings (SSSR count). The minimum Gasteiger partial charge on any atom is -0.489 e. The number of alkyl halides is 3. The van der Waals surface area contributed by atoms with Crippen molar-refractivity contribution in [3.63, 3.8) is 0 Å². The summed E-state index contributed by atoms with van der Waals surface area (Å²) in [7, 11) is 0. The molecule has 3 aliphatic rings. The molecule has 1 aromatic heterocycles. The van der Waals surface area contributed by atoms with Crippen LogP contribution in [-0.4, -0.2) is 39.8 Å². The first-order valence-electron chi connectivity index (χ1n) is 11.8. The van der Waals surface area contributed by atoms with E-state index in [1.165, 1.54) is 41.1 Å². The highest BCUT2D eigenvalue weighted by molar-refractivity contribution is 5.97. The van der Waals surface area contributed by atoms with E-state index in [2.05, 4.69) is 5.10 Å². The summed E-state index contributed by atoms with van der Waals surface area (Å²) in [4.78, 5) is 14.7. The maximum absolute atomic E-state index is 14.2. The van der Waals surface area contributed by atoms with Crippen molar-refractivity contribution in [1.29, 1.82) is 0 Å². The van der Waals surface area contributed by atoms with Gasteiger partial charge >= 0.3 is 6.18 Å². The molecule has 3 aromatic rings. The average molecular weight is 503 g/mol. The Hall–Kier alpha value is -3.43. The summed E-state index contributed by atoms with van der Waals surface area (Å²) in [6.07, 6.45) is -0.852. The maximum Gasteiger partial charge on any atom is 0.420 e. The lowest BCUT2D eigenvalue weighted by Crippen LogP contribution is -2.63. The van der Waals surface area contributed by atoms with Gasteiger partial charge in [-0.05, 0) is 49.9 Å². The molecule has 10 heteroatoms. The molecule has 188 valence electrons. The molecule has 2 heterocycles. The van der Waals surface area contributed by atoms with E-state index in [1.807, 2.05) is 0 Å². The van der Waals surface area contributed by atoms with Crippen molar-refractivity contribution in [3.05, 3.63) is 71.4 Å². The van der Waals surface area contributed by atoms with Crippen LogP contribution >= 0.6 is 0 Å². The SMILES string of the molecule is O=C(c1ccc(F)cc1OC1CC1)N1CC2(CC(n3cc(C(F)(F)F)c(-c4ccccc4F)n3)C2)C1. The number of carbonyl (C=O) groups excluding carboxylic acids is 1. The summed E-state index contributed by atoms with van der Waals surface area (Å²) in [5.41, 5.74) is -1.47. The molecular weight excluding hydrogens is 481 g/mol. The predicted octanol–water partition coefficient (Wildman–Crippen LogP) is 5.87. The van der Waals surface area contributed by atoms with E-state index < -0.39 is 29.1 Å². The van der Waals surface area contributed by atoms with Gasteiger partial charge in [-0.15, -0.1) is 0 Å². The lowest BCUT2D eigenvalue weighted by atomic mass is 9.60. The van der Waals surface area contributed by atoms with Crippen molar-refractivity contribution in [2.75, 3.05) is 13.1 Å². The van der Waals surface area contributed by atoms with Gasteiger partial charge in [0.25, 0.3) is 5.91 Å². The maximum atomic E-state index is 14.2. The van der Waals surface area contributed by atoms with Gasteiger partial charge in [-0.1, -0.05) is 12.1 Å². The molecule has 36 heavy (non-hydrogen) atoms. The highest BCUT2D eigenvalue weighted by Crippen LogP contribution is 2.55. The van der Waals surface area contributed by atoms with Gasteiger partial charge in [-0.3, -0.25) is 9.48 Å². The molecule has 2 aliphatic carbocycles. The van der Waals surface area contributed by atoms with Crippen molar-refractivity contribution < 1.29 is 31.5 Å². The van der Waals surface area contributed by atoms with Crippen LogP contribution in [0.2, 0.25) is 0 Å². The number of hydrogen-bond donors (Lipinski definition) is 0. The van der Waals surface area contributed by atoms with Crippen LogP contribution in [0.15, 0.2) is 48.7 Å². The fourth-order valence-electron chi connectivity index (χ4n) is 5.24. The number of benzene rings is 2. The molecule has 0 radical (unpaired) electrons.